The molecule has 1 amide bonds. The van der Waals surface area contributed by atoms with Crippen molar-refractivity contribution in [3.63, 3.8) is 0 Å². The van der Waals surface area contributed by atoms with Gasteiger partial charge in [0.15, 0.2) is 15.8 Å². The number of carbonyl (C=O) groups excluding carboxylic acids is 1. The second-order valence-electron chi connectivity index (χ2n) is 6.60. The van der Waals surface area contributed by atoms with Crippen LogP contribution in [0.25, 0.3) is 0 Å². The first-order valence-electron chi connectivity index (χ1n) is 9.42. The third-order valence-electron chi connectivity index (χ3n) is 4.28. The van der Waals surface area contributed by atoms with E-state index in [1.54, 1.807) is 31.3 Å². The lowest BCUT2D eigenvalue weighted by Crippen LogP contribution is -2.44. The standard InChI is InChI=1S/C21H28N4O3S.HI/c1-22-21(24-15-13-18-8-10-19(11-9-18)29(2,27)28)25-16-20(26)23-14-12-17-6-4-3-5-7-17;/h3-11H,12-16H2,1-2H3,(H,23,26)(H2,22,24,25);1H. The molecule has 0 fully saturated rings. The molecule has 0 saturated heterocycles. The number of nitrogens with one attached hydrogen (secondary N) is 3. The Labute approximate surface area is 195 Å². The Morgan fingerprint density at radius 1 is 0.867 bits per heavy atom. The van der Waals surface area contributed by atoms with E-state index in [1.165, 1.54) is 11.8 Å². The quantitative estimate of drug-likeness (QED) is 0.254. The first kappa shape index (κ1) is 25.9. The van der Waals surface area contributed by atoms with E-state index in [4.69, 9.17) is 0 Å². The first-order valence-corrected chi connectivity index (χ1v) is 11.3. The van der Waals surface area contributed by atoms with Crippen LogP contribution in [0, 0.1) is 0 Å². The van der Waals surface area contributed by atoms with E-state index in [0.29, 0.717) is 30.4 Å². The highest BCUT2D eigenvalue weighted by Crippen LogP contribution is 2.10. The highest BCUT2D eigenvalue weighted by molar-refractivity contribution is 14.0. The van der Waals surface area contributed by atoms with Crippen LogP contribution < -0.4 is 16.0 Å². The van der Waals surface area contributed by atoms with Crippen molar-refractivity contribution in [1.29, 1.82) is 0 Å². The summed E-state index contributed by atoms with van der Waals surface area (Å²) in [5.41, 5.74) is 2.20. The van der Waals surface area contributed by atoms with E-state index < -0.39 is 9.84 Å². The van der Waals surface area contributed by atoms with Crippen molar-refractivity contribution in [2.45, 2.75) is 17.7 Å². The molecule has 0 aliphatic rings. The fourth-order valence-electron chi connectivity index (χ4n) is 2.67. The molecule has 0 aliphatic heterocycles. The molecule has 30 heavy (non-hydrogen) atoms. The average molecular weight is 544 g/mol. The summed E-state index contributed by atoms with van der Waals surface area (Å²) in [6.07, 6.45) is 2.68. The fourth-order valence-corrected chi connectivity index (χ4v) is 3.30. The number of nitrogens with zero attached hydrogens (tertiary/aromatic N) is 1. The highest BCUT2D eigenvalue weighted by atomic mass is 127. The Bertz CT molecular complexity index is 917. The molecule has 3 N–H and O–H groups in total. The summed E-state index contributed by atoms with van der Waals surface area (Å²) >= 11 is 0. The van der Waals surface area contributed by atoms with Gasteiger partial charge in [0.2, 0.25) is 5.91 Å². The number of guanidine groups is 1. The number of halogens is 1. The van der Waals surface area contributed by atoms with Crippen LogP contribution in [0.2, 0.25) is 0 Å². The minimum Gasteiger partial charge on any atom is -0.356 e. The van der Waals surface area contributed by atoms with Gasteiger partial charge in [0.25, 0.3) is 0 Å². The number of hydrogen-bond donors (Lipinski definition) is 3. The van der Waals surface area contributed by atoms with Crippen LogP contribution in [-0.2, 0) is 27.5 Å². The molecule has 0 saturated carbocycles. The van der Waals surface area contributed by atoms with E-state index in [1.807, 2.05) is 30.3 Å². The van der Waals surface area contributed by atoms with Crippen LogP contribution in [0.1, 0.15) is 11.1 Å². The third kappa shape index (κ3) is 9.57. The zero-order valence-electron chi connectivity index (χ0n) is 17.2. The Kier molecular flexibility index (Phi) is 11.4. The summed E-state index contributed by atoms with van der Waals surface area (Å²) < 4.78 is 23.0. The van der Waals surface area contributed by atoms with E-state index in [0.717, 1.165) is 12.0 Å². The van der Waals surface area contributed by atoms with Crippen molar-refractivity contribution in [3.8, 4) is 0 Å². The molecule has 2 aromatic rings. The minimum atomic E-state index is -3.18. The number of rotatable bonds is 9. The molecular formula is C21H29IN4O3S. The van der Waals surface area contributed by atoms with Gasteiger partial charge in [0, 0.05) is 26.4 Å². The molecule has 0 aliphatic carbocycles. The van der Waals surface area contributed by atoms with E-state index >= 15 is 0 Å². The second kappa shape index (κ2) is 13.2. The molecule has 0 aromatic heterocycles. The molecule has 2 aromatic carbocycles. The molecule has 0 atom stereocenters. The molecule has 9 heteroatoms. The fraction of sp³-hybridized carbons (Fsp3) is 0.333. The maximum atomic E-state index is 12.0. The number of carbonyl (C=O) groups is 1. The summed E-state index contributed by atoms with van der Waals surface area (Å²) in [5.74, 6) is 0.441. The minimum absolute atomic E-state index is 0. The maximum absolute atomic E-state index is 12.0. The number of hydrogen-bond acceptors (Lipinski definition) is 4. The van der Waals surface area contributed by atoms with Gasteiger partial charge in [-0.1, -0.05) is 42.5 Å². The normalized spacial score (nSPS) is 11.3. The molecule has 7 nitrogen and oxygen atoms in total. The van der Waals surface area contributed by atoms with Gasteiger partial charge in [-0.15, -0.1) is 24.0 Å². The largest absolute Gasteiger partial charge is 0.356 e. The Hall–Kier alpha value is -2.14. The molecule has 0 bridgehead atoms. The van der Waals surface area contributed by atoms with Crippen LogP contribution in [0.5, 0.6) is 0 Å². The molecule has 0 radical (unpaired) electrons. The van der Waals surface area contributed by atoms with Crippen LogP contribution in [0.15, 0.2) is 64.5 Å². The smallest absolute Gasteiger partial charge is 0.239 e. The summed E-state index contributed by atoms with van der Waals surface area (Å²) in [7, 11) is -1.54. The second-order valence-corrected chi connectivity index (χ2v) is 8.62. The van der Waals surface area contributed by atoms with Crippen LogP contribution in [0.3, 0.4) is 0 Å². The number of amides is 1. The third-order valence-corrected chi connectivity index (χ3v) is 5.40. The van der Waals surface area contributed by atoms with Crippen LogP contribution in [0.4, 0.5) is 0 Å². The van der Waals surface area contributed by atoms with Crippen molar-refractivity contribution in [2.24, 2.45) is 4.99 Å². The van der Waals surface area contributed by atoms with Crippen molar-refractivity contribution in [3.05, 3.63) is 65.7 Å². The molecular weight excluding hydrogens is 515 g/mol. The Morgan fingerprint density at radius 3 is 2.00 bits per heavy atom. The Morgan fingerprint density at radius 2 is 1.43 bits per heavy atom. The lowest BCUT2D eigenvalue weighted by molar-refractivity contribution is -0.119. The monoisotopic (exact) mass is 544 g/mol. The zero-order valence-corrected chi connectivity index (χ0v) is 20.4. The topological polar surface area (TPSA) is 99.7 Å². The lowest BCUT2D eigenvalue weighted by Gasteiger charge is -2.12. The maximum Gasteiger partial charge on any atom is 0.239 e. The lowest BCUT2D eigenvalue weighted by atomic mass is 10.1. The molecule has 0 heterocycles. The summed E-state index contributed by atoms with van der Waals surface area (Å²) in [6, 6.07) is 16.8. The molecule has 0 spiro atoms. The van der Waals surface area contributed by atoms with Crippen LogP contribution >= 0.6 is 24.0 Å². The van der Waals surface area contributed by atoms with Gasteiger partial charge in [-0.2, -0.15) is 0 Å². The zero-order chi connectivity index (χ0) is 21.1. The van der Waals surface area contributed by atoms with E-state index in [2.05, 4.69) is 20.9 Å². The van der Waals surface area contributed by atoms with Crippen molar-refractivity contribution in [2.75, 3.05) is 32.9 Å². The van der Waals surface area contributed by atoms with Crippen LogP contribution in [-0.4, -0.2) is 53.2 Å². The van der Waals surface area contributed by atoms with Crippen molar-refractivity contribution < 1.29 is 13.2 Å². The van der Waals surface area contributed by atoms with Gasteiger partial charge < -0.3 is 16.0 Å². The van der Waals surface area contributed by atoms with Gasteiger partial charge in [-0.3, -0.25) is 9.79 Å². The first-order chi connectivity index (χ1) is 13.9. The van der Waals surface area contributed by atoms with Gasteiger partial charge in [-0.05, 0) is 36.1 Å². The van der Waals surface area contributed by atoms with Gasteiger partial charge >= 0.3 is 0 Å². The number of aliphatic imine (C=N–C) groups is 1. The Balaban J connectivity index is 0.00000450. The van der Waals surface area contributed by atoms with Crippen molar-refractivity contribution >= 4 is 45.7 Å². The van der Waals surface area contributed by atoms with Gasteiger partial charge in [0.1, 0.15) is 0 Å². The molecule has 2 rings (SSSR count). The predicted octanol–water partition coefficient (Wildman–Crippen LogP) is 1.77. The number of sulfone groups is 1. The molecule has 0 unspecified atom stereocenters. The average Bonchev–Trinajstić information content (AvgIpc) is 2.71. The number of benzene rings is 2. The predicted molar refractivity (Wildman–Crippen MR) is 131 cm³/mol. The van der Waals surface area contributed by atoms with Crippen molar-refractivity contribution in [1.82, 2.24) is 16.0 Å². The van der Waals surface area contributed by atoms with E-state index in [-0.39, 0.29) is 36.4 Å². The van der Waals surface area contributed by atoms with Gasteiger partial charge in [-0.25, -0.2) is 8.42 Å². The summed E-state index contributed by atoms with van der Waals surface area (Å²) in [6.45, 7) is 1.32. The van der Waals surface area contributed by atoms with Gasteiger partial charge in [0.05, 0.1) is 11.4 Å². The summed E-state index contributed by atoms with van der Waals surface area (Å²) in [4.78, 5) is 16.4. The summed E-state index contributed by atoms with van der Waals surface area (Å²) in [5, 5.41) is 9.00. The SMILES string of the molecule is CN=C(NCCc1ccc(S(C)(=O)=O)cc1)NCC(=O)NCCc1ccccc1.I. The van der Waals surface area contributed by atoms with E-state index in [9.17, 15) is 13.2 Å². The highest BCUT2D eigenvalue weighted by Gasteiger charge is 2.07. The molecule has 164 valence electrons.